The number of Topliss-reactive ketones (excluding diaryl/α,β-unsaturated/α-hetero) is 1. The molecule has 130 valence electrons. The van der Waals surface area contributed by atoms with E-state index in [1.54, 1.807) is 0 Å². The lowest BCUT2D eigenvalue weighted by Crippen LogP contribution is -2.55. The van der Waals surface area contributed by atoms with Gasteiger partial charge in [-0.05, 0) is 79.4 Å². The standard InChI is InChI=1S/C20H31FO2/c1-19-8-7-16-14(15(19)5-6-18(19)23)4-3-13-9-17(22)12(11-21)10-20(13,16)2/h12-16,18,23H,3-11H2,1-2H3/t12?,13?,14-,15-,16-,18-,19-,20-/m0/s1. The van der Waals surface area contributed by atoms with Gasteiger partial charge < -0.3 is 5.11 Å². The van der Waals surface area contributed by atoms with E-state index in [0.717, 1.165) is 38.5 Å². The summed E-state index contributed by atoms with van der Waals surface area (Å²) >= 11 is 0. The number of alkyl halides is 1. The first kappa shape index (κ1) is 16.1. The lowest BCUT2D eigenvalue weighted by molar-refractivity contribution is -0.150. The smallest absolute Gasteiger partial charge is 0.138 e. The summed E-state index contributed by atoms with van der Waals surface area (Å²) in [7, 11) is 0. The maximum Gasteiger partial charge on any atom is 0.138 e. The Hall–Kier alpha value is -0.440. The summed E-state index contributed by atoms with van der Waals surface area (Å²) in [6.45, 7) is 4.19. The molecule has 0 aliphatic heterocycles. The van der Waals surface area contributed by atoms with E-state index in [1.165, 1.54) is 6.42 Å². The van der Waals surface area contributed by atoms with Crippen molar-refractivity contribution in [1.82, 2.24) is 0 Å². The molecule has 4 aliphatic rings. The fourth-order valence-electron chi connectivity index (χ4n) is 7.36. The molecule has 8 atom stereocenters. The molecule has 4 rings (SSSR count). The van der Waals surface area contributed by atoms with Crippen molar-refractivity contribution in [3.8, 4) is 0 Å². The minimum atomic E-state index is -0.474. The second-order valence-corrected chi connectivity index (χ2v) is 9.52. The van der Waals surface area contributed by atoms with Gasteiger partial charge in [-0.3, -0.25) is 9.18 Å². The Bertz CT molecular complexity index is 506. The predicted octanol–water partition coefficient (Wildman–Crippen LogP) is 4.15. The maximum atomic E-state index is 13.4. The molecular weight excluding hydrogens is 291 g/mol. The topological polar surface area (TPSA) is 37.3 Å². The molecule has 0 radical (unpaired) electrons. The minimum Gasteiger partial charge on any atom is -0.393 e. The zero-order valence-electron chi connectivity index (χ0n) is 14.6. The maximum absolute atomic E-state index is 13.4. The molecule has 1 N–H and O–H groups in total. The van der Waals surface area contributed by atoms with Gasteiger partial charge in [-0.1, -0.05) is 13.8 Å². The molecule has 0 aromatic carbocycles. The second kappa shape index (κ2) is 5.28. The molecule has 0 spiro atoms. The molecule has 4 fully saturated rings. The molecule has 0 bridgehead atoms. The average molecular weight is 322 g/mol. The van der Waals surface area contributed by atoms with E-state index in [2.05, 4.69) is 13.8 Å². The normalized spacial score (nSPS) is 55.9. The van der Waals surface area contributed by atoms with Gasteiger partial charge in [0.2, 0.25) is 0 Å². The molecule has 23 heavy (non-hydrogen) atoms. The van der Waals surface area contributed by atoms with Gasteiger partial charge in [-0.2, -0.15) is 0 Å². The number of hydrogen-bond donors (Lipinski definition) is 1. The summed E-state index contributed by atoms with van der Waals surface area (Å²) in [5.74, 6) is 2.24. The number of hydrogen-bond acceptors (Lipinski definition) is 2. The Morgan fingerprint density at radius 2 is 1.83 bits per heavy atom. The highest BCUT2D eigenvalue weighted by molar-refractivity contribution is 5.82. The van der Waals surface area contributed by atoms with E-state index in [1.807, 2.05) is 0 Å². The fourth-order valence-corrected chi connectivity index (χ4v) is 7.36. The molecule has 2 unspecified atom stereocenters. The predicted molar refractivity (Wildman–Crippen MR) is 87.6 cm³/mol. The van der Waals surface area contributed by atoms with Crippen LogP contribution in [0.15, 0.2) is 0 Å². The van der Waals surface area contributed by atoms with E-state index in [-0.39, 0.29) is 28.6 Å². The van der Waals surface area contributed by atoms with E-state index in [9.17, 15) is 14.3 Å². The number of carbonyl (C=O) groups is 1. The molecule has 0 saturated heterocycles. The van der Waals surface area contributed by atoms with Crippen LogP contribution in [0.25, 0.3) is 0 Å². The van der Waals surface area contributed by atoms with Gasteiger partial charge in [0.1, 0.15) is 5.78 Å². The van der Waals surface area contributed by atoms with E-state index in [4.69, 9.17) is 0 Å². The van der Waals surface area contributed by atoms with Crippen LogP contribution in [-0.2, 0) is 4.79 Å². The first-order valence-corrected chi connectivity index (χ1v) is 9.67. The van der Waals surface area contributed by atoms with Crippen LogP contribution in [-0.4, -0.2) is 23.7 Å². The molecule has 4 saturated carbocycles. The molecule has 0 aromatic rings. The van der Waals surface area contributed by atoms with Crippen molar-refractivity contribution in [2.45, 2.75) is 71.3 Å². The monoisotopic (exact) mass is 322 g/mol. The quantitative estimate of drug-likeness (QED) is 0.787. The van der Waals surface area contributed by atoms with Crippen LogP contribution >= 0.6 is 0 Å². The lowest BCUT2D eigenvalue weighted by Gasteiger charge is -2.60. The van der Waals surface area contributed by atoms with Crippen LogP contribution in [0.1, 0.15) is 65.2 Å². The summed E-state index contributed by atoms with van der Waals surface area (Å²) in [6.07, 6.45) is 7.97. The van der Waals surface area contributed by atoms with Crippen molar-refractivity contribution in [1.29, 1.82) is 0 Å². The number of carbonyl (C=O) groups excluding carboxylic acids is 1. The molecule has 0 heterocycles. The third-order valence-electron chi connectivity index (χ3n) is 8.79. The number of aliphatic hydroxyl groups excluding tert-OH is 1. The number of ketones is 1. The summed E-state index contributed by atoms with van der Waals surface area (Å²) in [5.41, 5.74) is 0.247. The highest BCUT2D eigenvalue weighted by Crippen LogP contribution is 2.66. The Kier molecular flexibility index (Phi) is 3.68. The van der Waals surface area contributed by atoms with Gasteiger partial charge in [0.05, 0.1) is 12.8 Å². The second-order valence-electron chi connectivity index (χ2n) is 9.52. The van der Waals surface area contributed by atoms with Gasteiger partial charge >= 0.3 is 0 Å². The highest BCUT2D eigenvalue weighted by atomic mass is 19.1. The van der Waals surface area contributed by atoms with E-state index in [0.29, 0.717) is 30.1 Å². The van der Waals surface area contributed by atoms with Crippen molar-refractivity contribution in [2.75, 3.05) is 6.67 Å². The minimum absolute atomic E-state index is 0.105. The van der Waals surface area contributed by atoms with Crippen molar-refractivity contribution in [3.63, 3.8) is 0 Å². The van der Waals surface area contributed by atoms with Crippen LogP contribution in [0.2, 0.25) is 0 Å². The van der Waals surface area contributed by atoms with Crippen LogP contribution in [0, 0.1) is 40.4 Å². The number of rotatable bonds is 1. The zero-order chi connectivity index (χ0) is 16.4. The molecule has 0 amide bonds. The number of halogens is 1. The van der Waals surface area contributed by atoms with Gasteiger partial charge in [-0.25, -0.2) is 0 Å². The number of aliphatic hydroxyl groups is 1. The molecule has 0 aromatic heterocycles. The van der Waals surface area contributed by atoms with Crippen molar-refractivity contribution >= 4 is 5.78 Å². The Morgan fingerprint density at radius 1 is 1.09 bits per heavy atom. The van der Waals surface area contributed by atoms with Gasteiger partial charge in [0.25, 0.3) is 0 Å². The van der Waals surface area contributed by atoms with E-state index < -0.39 is 6.67 Å². The van der Waals surface area contributed by atoms with Crippen molar-refractivity contribution < 1.29 is 14.3 Å². The number of fused-ring (bicyclic) bond motifs is 5. The van der Waals surface area contributed by atoms with Crippen LogP contribution in [0.3, 0.4) is 0 Å². The molecule has 3 heteroatoms. The first-order valence-electron chi connectivity index (χ1n) is 9.67. The summed E-state index contributed by atoms with van der Waals surface area (Å²) in [5, 5.41) is 10.5. The Balaban J connectivity index is 1.64. The van der Waals surface area contributed by atoms with Crippen LogP contribution in [0.5, 0.6) is 0 Å². The van der Waals surface area contributed by atoms with Crippen LogP contribution in [0.4, 0.5) is 4.39 Å². The Morgan fingerprint density at radius 3 is 2.57 bits per heavy atom. The fraction of sp³-hybridized carbons (Fsp3) is 0.950. The molecule has 2 nitrogen and oxygen atoms in total. The highest BCUT2D eigenvalue weighted by Gasteiger charge is 2.60. The summed E-state index contributed by atoms with van der Waals surface area (Å²) < 4.78 is 13.4. The summed E-state index contributed by atoms with van der Waals surface area (Å²) in [4.78, 5) is 12.2. The largest absolute Gasteiger partial charge is 0.393 e. The Labute approximate surface area is 139 Å². The zero-order valence-corrected chi connectivity index (χ0v) is 14.6. The van der Waals surface area contributed by atoms with Crippen LogP contribution < -0.4 is 0 Å². The van der Waals surface area contributed by atoms with Gasteiger partial charge in [0.15, 0.2) is 0 Å². The molecular formula is C20H31FO2. The van der Waals surface area contributed by atoms with Gasteiger partial charge in [0, 0.05) is 12.3 Å². The lowest BCUT2D eigenvalue weighted by atomic mass is 9.44. The van der Waals surface area contributed by atoms with Crippen molar-refractivity contribution in [2.24, 2.45) is 40.4 Å². The summed E-state index contributed by atoms with van der Waals surface area (Å²) in [6, 6.07) is 0. The average Bonchev–Trinajstić information content (AvgIpc) is 2.83. The first-order chi connectivity index (χ1) is 10.9. The third-order valence-corrected chi connectivity index (χ3v) is 8.79. The SMILES string of the molecule is C[C@]12CC[C@H]3[C@@H](CCC4CC(=O)C(CF)C[C@@]43C)[C@@H]1CC[C@@H]2O. The molecule has 4 aliphatic carbocycles. The van der Waals surface area contributed by atoms with E-state index >= 15 is 0 Å². The van der Waals surface area contributed by atoms with Gasteiger partial charge in [-0.15, -0.1) is 0 Å². The third kappa shape index (κ3) is 2.11. The van der Waals surface area contributed by atoms with Crippen molar-refractivity contribution in [3.05, 3.63) is 0 Å².